The molecule has 4 heteroatoms. The smallest absolute Gasteiger partial charge is 0.231 e. The standard InChI is InChI=1S/C14H19ClN2O/c1-10-5-4-6-11(15)12(10)17-13(18)14(9-16)7-2-3-8-14/h4-6H,2-3,7-9,16H2,1H3,(H,17,18). The molecule has 0 spiro atoms. The molecule has 98 valence electrons. The van der Waals surface area contributed by atoms with Gasteiger partial charge in [0.15, 0.2) is 0 Å². The number of carbonyl (C=O) groups is 1. The zero-order valence-electron chi connectivity index (χ0n) is 10.6. The number of hydrogen-bond acceptors (Lipinski definition) is 2. The third kappa shape index (κ3) is 2.38. The lowest BCUT2D eigenvalue weighted by molar-refractivity contribution is -0.124. The molecule has 1 saturated carbocycles. The van der Waals surface area contributed by atoms with E-state index in [9.17, 15) is 4.79 Å². The van der Waals surface area contributed by atoms with E-state index in [1.807, 2.05) is 19.1 Å². The van der Waals surface area contributed by atoms with Gasteiger partial charge >= 0.3 is 0 Å². The third-order valence-corrected chi connectivity index (χ3v) is 4.21. The first-order valence-electron chi connectivity index (χ1n) is 6.36. The highest BCUT2D eigenvalue weighted by Gasteiger charge is 2.40. The van der Waals surface area contributed by atoms with Gasteiger partial charge in [-0.15, -0.1) is 0 Å². The van der Waals surface area contributed by atoms with Crippen LogP contribution in [0, 0.1) is 12.3 Å². The van der Waals surface area contributed by atoms with E-state index in [4.69, 9.17) is 17.3 Å². The Morgan fingerprint density at radius 2 is 2.11 bits per heavy atom. The van der Waals surface area contributed by atoms with E-state index in [1.165, 1.54) is 0 Å². The van der Waals surface area contributed by atoms with Crippen molar-refractivity contribution >= 4 is 23.2 Å². The number of carbonyl (C=O) groups excluding carboxylic acids is 1. The summed E-state index contributed by atoms with van der Waals surface area (Å²) in [5.74, 6) is 0.0127. The molecule has 0 atom stereocenters. The van der Waals surface area contributed by atoms with Gasteiger partial charge in [-0.2, -0.15) is 0 Å². The first-order chi connectivity index (χ1) is 8.59. The Labute approximate surface area is 113 Å². The predicted molar refractivity (Wildman–Crippen MR) is 74.8 cm³/mol. The van der Waals surface area contributed by atoms with Crippen LogP contribution in [0.4, 0.5) is 5.69 Å². The van der Waals surface area contributed by atoms with Gasteiger partial charge in [0, 0.05) is 6.54 Å². The lowest BCUT2D eigenvalue weighted by Crippen LogP contribution is -2.40. The largest absolute Gasteiger partial charge is 0.329 e. The second-order valence-electron chi connectivity index (χ2n) is 5.08. The minimum Gasteiger partial charge on any atom is -0.329 e. The molecular formula is C14H19ClN2O. The monoisotopic (exact) mass is 266 g/mol. The fraction of sp³-hybridized carbons (Fsp3) is 0.500. The molecule has 1 aromatic carbocycles. The van der Waals surface area contributed by atoms with E-state index in [0.717, 1.165) is 31.2 Å². The molecule has 0 radical (unpaired) electrons. The summed E-state index contributed by atoms with van der Waals surface area (Å²) in [6.45, 7) is 2.34. The summed E-state index contributed by atoms with van der Waals surface area (Å²) < 4.78 is 0. The second kappa shape index (κ2) is 5.29. The molecule has 18 heavy (non-hydrogen) atoms. The van der Waals surface area contributed by atoms with Gasteiger partial charge in [-0.1, -0.05) is 36.6 Å². The van der Waals surface area contributed by atoms with Crippen molar-refractivity contribution in [3.05, 3.63) is 28.8 Å². The molecule has 0 saturated heterocycles. The Bertz CT molecular complexity index is 433. The Morgan fingerprint density at radius 3 is 2.67 bits per heavy atom. The van der Waals surface area contributed by atoms with Crippen LogP contribution >= 0.6 is 11.6 Å². The van der Waals surface area contributed by atoms with Gasteiger partial charge in [-0.05, 0) is 31.4 Å². The topological polar surface area (TPSA) is 55.1 Å². The van der Waals surface area contributed by atoms with Crippen molar-refractivity contribution in [1.29, 1.82) is 0 Å². The molecule has 0 bridgehead atoms. The molecule has 0 aliphatic heterocycles. The minimum atomic E-state index is -0.397. The second-order valence-corrected chi connectivity index (χ2v) is 5.48. The Kier molecular flexibility index (Phi) is 3.93. The van der Waals surface area contributed by atoms with Gasteiger partial charge in [0.1, 0.15) is 0 Å². The lowest BCUT2D eigenvalue weighted by atomic mass is 9.85. The van der Waals surface area contributed by atoms with Gasteiger partial charge in [-0.25, -0.2) is 0 Å². The molecule has 3 N–H and O–H groups in total. The number of rotatable bonds is 3. The first-order valence-corrected chi connectivity index (χ1v) is 6.73. The summed E-state index contributed by atoms with van der Waals surface area (Å²) in [6, 6.07) is 5.60. The van der Waals surface area contributed by atoms with Crippen LogP contribution in [0.25, 0.3) is 0 Å². The van der Waals surface area contributed by atoms with Crippen LogP contribution in [0.2, 0.25) is 5.02 Å². The maximum Gasteiger partial charge on any atom is 0.231 e. The molecule has 3 nitrogen and oxygen atoms in total. The fourth-order valence-corrected chi connectivity index (χ4v) is 2.88. The Balaban J connectivity index is 2.21. The normalized spacial score (nSPS) is 17.7. The number of nitrogens with one attached hydrogen (secondary N) is 1. The van der Waals surface area contributed by atoms with Gasteiger partial charge in [0.25, 0.3) is 0 Å². The van der Waals surface area contributed by atoms with Crippen molar-refractivity contribution in [3.8, 4) is 0 Å². The van der Waals surface area contributed by atoms with Crippen LogP contribution < -0.4 is 11.1 Å². The molecule has 1 aliphatic carbocycles. The van der Waals surface area contributed by atoms with Crippen LogP contribution in [0.15, 0.2) is 18.2 Å². The number of nitrogens with two attached hydrogens (primary N) is 1. The van der Waals surface area contributed by atoms with Gasteiger partial charge in [0.05, 0.1) is 16.1 Å². The molecule has 0 heterocycles. The SMILES string of the molecule is Cc1cccc(Cl)c1NC(=O)C1(CN)CCCC1. The molecule has 0 aromatic heterocycles. The zero-order chi connectivity index (χ0) is 13.2. The quantitative estimate of drug-likeness (QED) is 0.883. The molecular weight excluding hydrogens is 248 g/mol. The summed E-state index contributed by atoms with van der Waals surface area (Å²) in [5.41, 5.74) is 7.09. The fourth-order valence-electron chi connectivity index (χ4n) is 2.61. The van der Waals surface area contributed by atoms with Crippen molar-refractivity contribution in [3.63, 3.8) is 0 Å². The Morgan fingerprint density at radius 1 is 1.44 bits per heavy atom. The zero-order valence-corrected chi connectivity index (χ0v) is 11.4. The van der Waals surface area contributed by atoms with E-state index >= 15 is 0 Å². The summed E-state index contributed by atoms with van der Waals surface area (Å²) in [5, 5.41) is 3.54. The number of para-hydroxylation sites is 1. The van der Waals surface area contributed by atoms with Crippen molar-refractivity contribution in [2.45, 2.75) is 32.6 Å². The average molecular weight is 267 g/mol. The Hall–Kier alpha value is -1.06. The number of aryl methyl sites for hydroxylation is 1. The highest BCUT2D eigenvalue weighted by atomic mass is 35.5. The number of halogens is 1. The van der Waals surface area contributed by atoms with E-state index in [0.29, 0.717) is 17.3 Å². The van der Waals surface area contributed by atoms with Crippen molar-refractivity contribution in [1.82, 2.24) is 0 Å². The molecule has 1 aliphatic rings. The van der Waals surface area contributed by atoms with Gasteiger partial charge in [-0.3, -0.25) is 4.79 Å². The predicted octanol–water partition coefficient (Wildman–Crippen LogP) is 3.11. The van der Waals surface area contributed by atoms with Crippen molar-refractivity contribution in [2.75, 3.05) is 11.9 Å². The summed E-state index contributed by atoms with van der Waals surface area (Å²) in [4.78, 5) is 12.4. The van der Waals surface area contributed by atoms with E-state index in [2.05, 4.69) is 5.32 Å². The van der Waals surface area contributed by atoms with Crippen LogP contribution in [-0.4, -0.2) is 12.5 Å². The summed E-state index contributed by atoms with van der Waals surface area (Å²) >= 11 is 6.12. The van der Waals surface area contributed by atoms with Crippen LogP contribution in [0.1, 0.15) is 31.2 Å². The molecule has 1 aromatic rings. The van der Waals surface area contributed by atoms with Gasteiger partial charge in [0.2, 0.25) is 5.91 Å². The maximum atomic E-state index is 12.4. The number of anilines is 1. The highest BCUT2D eigenvalue weighted by Crippen LogP contribution is 2.39. The average Bonchev–Trinajstić information content (AvgIpc) is 2.84. The highest BCUT2D eigenvalue weighted by molar-refractivity contribution is 6.34. The summed E-state index contributed by atoms with van der Waals surface area (Å²) in [6.07, 6.45) is 3.90. The van der Waals surface area contributed by atoms with Crippen LogP contribution in [-0.2, 0) is 4.79 Å². The van der Waals surface area contributed by atoms with E-state index in [1.54, 1.807) is 6.07 Å². The van der Waals surface area contributed by atoms with Crippen LogP contribution in [0.3, 0.4) is 0 Å². The first kappa shape index (κ1) is 13.4. The van der Waals surface area contributed by atoms with Crippen molar-refractivity contribution < 1.29 is 4.79 Å². The van der Waals surface area contributed by atoms with E-state index < -0.39 is 5.41 Å². The third-order valence-electron chi connectivity index (χ3n) is 3.89. The molecule has 0 unspecified atom stereocenters. The molecule has 1 amide bonds. The van der Waals surface area contributed by atoms with E-state index in [-0.39, 0.29) is 5.91 Å². The maximum absolute atomic E-state index is 12.4. The number of hydrogen-bond donors (Lipinski definition) is 2. The van der Waals surface area contributed by atoms with Crippen molar-refractivity contribution in [2.24, 2.45) is 11.1 Å². The number of amides is 1. The molecule has 2 rings (SSSR count). The molecule has 1 fully saturated rings. The lowest BCUT2D eigenvalue weighted by Gasteiger charge is -2.26. The van der Waals surface area contributed by atoms with Crippen LogP contribution in [0.5, 0.6) is 0 Å². The number of benzene rings is 1. The van der Waals surface area contributed by atoms with Gasteiger partial charge < -0.3 is 11.1 Å². The minimum absolute atomic E-state index is 0.0127. The summed E-state index contributed by atoms with van der Waals surface area (Å²) in [7, 11) is 0.